The molecule has 0 aromatic heterocycles. The summed E-state index contributed by atoms with van der Waals surface area (Å²) >= 11 is 3.14. The topological polar surface area (TPSA) is 38.3 Å². The lowest BCUT2D eigenvalue weighted by atomic mass is 10.5. The fourth-order valence-electron chi connectivity index (χ4n) is 0.409. The Labute approximate surface area is 69.3 Å². The molecule has 0 aliphatic carbocycles. The van der Waals surface area contributed by atoms with Gasteiger partial charge < -0.3 is 10.1 Å². The number of hydrogen-bond donors (Lipinski definition) is 1. The Morgan fingerprint density at radius 3 is 2.90 bits per heavy atom. The first-order valence-corrected chi connectivity index (χ1v) is 4.40. The van der Waals surface area contributed by atoms with Gasteiger partial charge in [0.1, 0.15) is 6.61 Å². The molecular weight excluding hydrogens is 198 g/mol. The van der Waals surface area contributed by atoms with Gasteiger partial charge in [-0.3, -0.25) is 0 Å². The first-order valence-electron chi connectivity index (χ1n) is 3.27. The second-order valence-electron chi connectivity index (χ2n) is 1.75. The van der Waals surface area contributed by atoms with Crippen LogP contribution < -0.4 is 5.32 Å². The highest BCUT2D eigenvalue weighted by Crippen LogP contribution is 1.83. The maximum Gasteiger partial charge on any atom is 0.407 e. The van der Waals surface area contributed by atoms with E-state index >= 15 is 0 Å². The van der Waals surface area contributed by atoms with E-state index in [9.17, 15) is 4.79 Å². The van der Waals surface area contributed by atoms with Crippen LogP contribution in [0.25, 0.3) is 0 Å². The van der Waals surface area contributed by atoms with E-state index in [1.165, 1.54) is 0 Å². The van der Waals surface area contributed by atoms with Crippen LogP contribution in [0.1, 0.15) is 13.3 Å². The van der Waals surface area contributed by atoms with Gasteiger partial charge in [-0.05, 0) is 6.42 Å². The van der Waals surface area contributed by atoms with Gasteiger partial charge >= 0.3 is 6.09 Å². The van der Waals surface area contributed by atoms with Crippen molar-refractivity contribution < 1.29 is 9.53 Å². The van der Waals surface area contributed by atoms with Crippen molar-refractivity contribution >= 4 is 22.0 Å². The van der Waals surface area contributed by atoms with E-state index in [1.807, 2.05) is 6.92 Å². The summed E-state index contributed by atoms with van der Waals surface area (Å²) in [5.41, 5.74) is 0. The molecule has 3 nitrogen and oxygen atoms in total. The van der Waals surface area contributed by atoms with Gasteiger partial charge in [-0.15, -0.1) is 0 Å². The minimum atomic E-state index is -0.332. The normalized spacial score (nSPS) is 9.00. The minimum absolute atomic E-state index is 0.332. The standard InChI is InChI=1S/C6H12BrNO2/c1-2-4-8-6(9)10-5-3-7/h2-5H2,1H3,(H,8,9). The van der Waals surface area contributed by atoms with Crippen LogP contribution in [-0.2, 0) is 4.74 Å². The highest BCUT2D eigenvalue weighted by molar-refractivity contribution is 9.09. The maximum absolute atomic E-state index is 10.6. The van der Waals surface area contributed by atoms with Crippen molar-refractivity contribution in [1.82, 2.24) is 5.32 Å². The van der Waals surface area contributed by atoms with E-state index in [0.717, 1.165) is 6.42 Å². The minimum Gasteiger partial charge on any atom is -0.449 e. The molecule has 0 atom stereocenters. The van der Waals surface area contributed by atoms with E-state index in [4.69, 9.17) is 4.74 Å². The number of amides is 1. The van der Waals surface area contributed by atoms with Gasteiger partial charge in [0.2, 0.25) is 0 Å². The summed E-state index contributed by atoms with van der Waals surface area (Å²) in [6.07, 6.45) is 0.602. The summed E-state index contributed by atoms with van der Waals surface area (Å²) in [6, 6.07) is 0. The van der Waals surface area contributed by atoms with Crippen LogP contribution in [0.3, 0.4) is 0 Å². The van der Waals surface area contributed by atoms with Crippen molar-refractivity contribution in [2.75, 3.05) is 18.5 Å². The van der Waals surface area contributed by atoms with Crippen molar-refractivity contribution in [2.45, 2.75) is 13.3 Å². The number of hydrogen-bond acceptors (Lipinski definition) is 2. The van der Waals surface area contributed by atoms with Crippen LogP contribution in [0.15, 0.2) is 0 Å². The number of nitrogens with one attached hydrogen (secondary N) is 1. The molecule has 0 spiro atoms. The summed E-state index contributed by atoms with van der Waals surface area (Å²) in [6.45, 7) is 3.10. The quantitative estimate of drug-likeness (QED) is 0.714. The lowest BCUT2D eigenvalue weighted by Gasteiger charge is -2.02. The number of alkyl halides is 1. The van der Waals surface area contributed by atoms with Gasteiger partial charge in [-0.2, -0.15) is 0 Å². The second kappa shape index (κ2) is 6.86. The first kappa shape index (κ1) is 9.75. The van der Waals surface area contributed by atoms with Gasteiger partial charge in [0.15, 0.2) is 0 Å². The van der Waals surface area contributed by atoms with Crippen LogP contribution in [0.5, 0.6) is 0 Å². The van der Waals surface area contributed by atoms with Gasteiger partial charge in [0.25, 0.3) is 0 Å². The summed E-state index contributed by atoms with van der Waals surface area (Å²) < 4.78 is 4.70. The lowest BCUT2D eigenvalue weighted by Crippen LogP contribution is -2.25. The zero-order chi connectivity index (χ0) is 7.82. The summed E-state index contributed by atoms with van der Waals surface area (Å²) in [5.74, 6) is 0. The molecule has 0 aromatic rings. The molecule has 0 fully saturated rings. The smallest absolute Gasteiger partial charge is 0.407 e. The molecule has 1 N–H and O–H groups in total. The van der Waals surface area contributed by atoms with Gasteiger partial charge in [-0.1, -0.05) is 22.9 Å². The molecular formula is C6H12BrNO2. The van der Waals surface area contributed by atoms with E-state index in [-0.39, 0.29) is 6.09 Å². The molecule has 0 unspecified atom stereocenters. The van der Waals surface area contributed by atoms with E-state index in [2.05, 4.69) is 21.2 Å². The Morgan fingerprint density at radius 2 is 2.40 bits per heavy atom. The van der Waals surface area contributed by atoms with E-state index < -0.39 is 0 Å². The van der Waals surface area contributed by atoms with Crippen LogP contribution >= 0.6 is 15.9 Å². The molecule has 0 saturated heterocycles. The Kier molecular flexibility index (Phi) is 6.69. The van der Waals surface area contributed by atoms with Crippen molar-refractivity contribution in [3.8, 4) is 0 Å². The fourth-order valence-corrected chi connectivity index (χ4v) is 0.571. The highest BCUT2D eigenvalue weighted by atomic mass is 79.9. The second-order valence-corrected chi connectivity index (χ2v) is 2.54. The van der Waals surface area contributed by atoms with Crippen molar-refractivity contribution in [3.63, 3.8) is 0 Å². The molecule has 0 heterocycles. The molecule has 0 aliphatic rings. The number of carbonyl (C=O) groups excluding carboxylic acids is 1. The third-order valence-corrected chi connectivity index (χ3v) is 1.15. The van der Waals surface area contributed by atoms with Crippen LogP contribution in [-0.4, -0.2) is 24.6 Å². The van der Waals surface area contributed by atoms with E-state index in [0.29, 0.717) is 18.5 Å². The molecule has 10 heavy (non-hydrogen) atoms. The fraction of sp³-hybridized carbons (Fsp3) is 0.833. The molecule has 0 rings (SSSR count). The molecule has 1 amide bonds. The molecule has 0 aliphatic heterocycles. The molecule has 60 valence electrons. The van der Waals surface area contributed by atoms with Crippen LogP contribution in [0, 0.1) is 0 Å². The number of carbonyl (C=O) groups is 1. The Hall–Kier alpha value is -0.250. The average molecular weight is 210 g/mol. The van der Waals surface area contributed by atoms with E-state index in [1.54, 1.807) is 0 Å². The monoisotopic (exact) mass is 209 g/mol. The van der Waals surface area contributed by atoms with Gasteiger partial charge in [0, 0.05) is 11.9 Å². The molecule has 0 radical (unpaired) electrons. The maximum atomic E-state index is 10.6. The molecule has 4 heteroatoms. The molecule has 0 bridgehead atoms. The molecule has 0 aromatic carbocycles. The number of alkyl carbamates (subject to hydrolysis) is 1. The lowest BCUT2D eigenvalue weighted by molar-refractivity contribution is 0.153. The predicted molar refractivity (Wildman–Crippen MR) is 43.4 cm³/mol. The third-order valence-electron chi connectivity index (χ3n) is 0.830. The summed E-state index contributed by atoms with van der Waals surface area (Å²) in [4.78, 5) is 10.6. The van der Waals surface area contributed by atoms with Crippen LogP contribution in [0.2, 0.25) is 0 Å². The third kappa shape index (κ3) is 5.88. The number of rotatable bonds is 4. The SMILES string of the molecule is CCCNC(=O)OCCBr. The number of ether oxygens (including phenoxy) is 1. The van der Waals surface area contributed by atoms with Gasteiger partial charge in [-0.25, -0.2) is 4.79 Å². The average Bonchev–Trinajstić information content (AvgIpc) is 1.97. The van der Waals surface area contributed by atoms with Crippen molar-refractivity contribution in [1.29, 1.82) is 0 Å². The Morgan fingerprint density at radius 1 is 1.70 bits per heavy atom. The number of halogens is 1. The van der Waals surface area contributed by atoms with Crippen molar-refractivity contribution in [3.05, 3.63) is 0 Å². The summed E-state index contributed by atoms with van der Waals surface area (Å²) in [7, 11) is 0. The first-order chi connectivity index (χ1) is 4.81. The Bertz CT molecular complexity index is 87.7. The highest BCUT2D eigenvalue weighted by Gasteiger charge is 1.96. The summed E-state index contributed by atoms with van der Waals surface area (Å²) in [5, 5.41) is 3.27. The molecule has 0 saturated carbocycles. The predicted octanol–water partition coefficient (Wildman–Crippen LogP) is 1.52. The van der Waals surface area contributed by atoms with Gasteiger partial charge in [0.05, 0.1) is 0 Å². The zero-order valence-electron chi connectivity index (χ0n) is 6.02. The van der Waals surface area contributed by atoms with Crippen LogP contribution in [0.4, 0.5) is 4.79 Å². The van der Waals surface area contributed by atoms with Crippen molar-refractivity contribution in [2.24, 2.45) is 0 Å². The Balaban J connectivity index is 3.09. The largest absolute Gasteiger partial charge is 0.449 e. The zero-order valence-corrected chi connectivity index (χ0v) is 7.61.